The van der Waals surface area contributed by atoms with Crippen molar-refractivity contribution in [3.8, 4) is 0 Å². The molecule has 0 radical (unpaired) electrons. The minimum atomic E-state index is 0.146. The molecule has 1 nitrogen and oxygen atoms in total. The molecule has 0 amide bonds. The number of ketones is 1. The Labute approximate surface area is 126 Å². The number of rotatable bonds is 4. The van der Waals surface area contributed by atoms with Crippen molar-refractivity contribution in [2.45, 2.75) is 19.3 Å². The molecule has 0 bridgehead atoms. The normalized spacial score (nSPS) is 21.7. The minimum Gasteiger partial charge on any atom is -0.294 e. The predicted octanol–water partition coefficient (Wildman–Crippen LogP) is 5.00. The summed E-state index contributed by atoms with van der Waals surface area (Å²) in [5.74, 6) is 0.820. The van der Waals surface area contributed by atoms with Gasteiger partial charge in [-0.25, -0.2) is 0 Å². The SMILES string of the molecule is O=C(c1ccccc1)[C@@H]1CCC[C@@H]1/C=C/c1ccccc1. The molecule has 21 heavy (non-hydrogen) atoms. The smallest absolute Gasteiger partial charge is 0.166 e. The Bertz CT molecular complexity index is 613. The van der Waals surface area contributed by atoms with Gasteiger partial charge in [0.1, 0.15) is 0 Å². The van der Waals surface area contributed by atoms with Gasteiger partial charge in [-0.05, 0) is 24.3 Å². The molecule has 0 aliphatic heterocycles. The van der Waals surface area contributed by atoms with Crippen molar-refractivity contribution in [1.29, 1.82) is 0 Å². The highest BCUT2D eigenvalue weighted by Gasteiger charge is 2.31. The van der Waals surface area contributed by atoms with Crippen LogP contribution in [0.25, 0.3) is 6.08 Å². The van der Waals surface area contributed by atoms with Gasteiger partial charge in [-0.1, -0.05) is 79.2 Å². The topological polar surface area (TPSA) is 17.1 Å². The minimum absolute atomic E-state index is 0.146. The molecule has 0 N–H and O–H groups in total. The van der Waals surface area contributed by atoms with Crippen LogP contribution < -0.4 is 0 Å². The van der Waals surface area contributed by atoms with Gasteiger partial charge in [-0.3, -0.25) is 4.79 Å². The summed E-state index contributed by atoms with van der Waals surface area (Å²) in [5.41, 5.74) is 2.05. The summed E-state index contributed by atoms with van der Waals surface area (Å²) in [6, 6.07) is 20.0. The van der Waals surface area contributed by atoms with Crippen molar-refractivity contribution < 1.29 is 4.79 Å². The molecule has 1 heteroatoms. The quantitative estimate of drug-likeness (QED) is 0.718. The van der Waals surface area contributed by atoms with Crippen LogP contribution in [0.5, 0.6) is 0 Å². The number of allylic oxidation sites excluding steroid dienone is 1. The Hall–Kier alpha value is -2.15. The van der Waals surface area contributed by atoms with Crippen LogP contribution >= 0.6 is 0 Å². The highest BCUT2D eigenvalue weighted by Crippen LogP contribution is 2.35. The second kappa shape index (κ2) is 6.53. The first kappa shape index (κ1) is 13.8. The van der Waals surface area contributed by atoms with Gasteiger partial charge in [0.2, 0.25) is 0 Å². The van der Waals surface area contributed by atoms with Gasteiger partial charge in [0.05, 0.1) is 0 Å². The van der Waals surface area contributed by atoms with Crippen molar-refractivity contribution in [2.24, 2.45) is 11.8 Å². The molecule has 2 atom stereocenters. The Kier molecular flexibility index (Phi) is 4.30. The first-order chi connectivity index (χ1) is 10.3. The predicted molar refractivity (Wildman–Crippen MR) is 87.1 cm³/mol. The van der Waals surface area contributed by atoms with E-state index in [1.54, 1.807) is 0 Å². The average Bonchev–Trinajstić information content (AvgIpc) is 3.02. The van der Waals surface area contributed by atoms with Gasteiger partial charge in [-0.2, -0.15) is 0 Å². The highest BCUT2D eigenvalue weighted by atomic mass is 16.1. The molecule has 3 rings (SSSR count). The number of carbonyl (C=O) groups excluding carboxylic acids is 1. The van der Waals surface area contributed by atoms with Crippen LogP contribution in [0.4, 0.5) is 0 Å². The second-order valence-corrected chi connectivity index (χ2v) is 5.70. The van der Waals surface area contributed by atoms with Crippen LogP contribution in [0.2, 0.25) is 0 Å². The van der Waals surface area contributed by atoms with E-state index >= 15 is 0 Å². The largest absolute Gasteiger partial charge is 0.294 e. The Morgan fingerprint density at radius 2 is 1.57 bits per heavy atom. The summed E-state index contributed by atoms with van der Waals surface area (Å²) in [7, 11) is 0. The first-order valence-electron chi connectivity index (χ1n) is 7.67. The fourth-order valence-electron chi connectivity index (χ4n) is 3.16. The second-order valence-electron chi connectivity index (χ2n) is 5.70. The Morgan fingerprint density at radius 3 is 2.29 bits per heavy atom. The molecule has 0 spiro atoms. The number of hydrogen-bond donors (Lipinski definition) is 0. The number of hydrogen-bond acceptors (Lipinski definition) is 1. The Morgan fingerprint density at radius 1 is 0.905 bits per heavy atom. The molecule has 0 heterocycles. The molecule has 2 aromatic rings. The molecule has 1 aliphatic carbocycles. The maximum absolute atomic E-state index is 12.6. The molecule has 0 aromatic heterocycles. The average molecular weight is 276 g/mol. The van der Waals surface area contributed by atoms with E-state index in [9.17, 15) is 4.79 Å². The van der Waals surface area contributed by atoms with Crippen molar-refractivity contribution in [1.82, 2.24) is 0 Å². The molecular formula is C20H20O. The lowest BCUT2D eigenvalue weighted by Crippen LogP contribution is -2.17. The van der Waals surface area contributed by atoms with E-state index in [4.69, 9.17) is 0 Å². The van der Waals surface area contributed by atoms with Gasteiger partial charge >= 0.3 is 0 Å². The van der Waals surface area contributed by atoms with Gasteiger partial charge in [0, 0.05) is 11.5 Å². The molecule has 1 saturated carbocycles. The highest BCUT2D eigenvalue weighted by molar-refractivity contribution is 5.98. The van der Waals surface area contributed by atoms with Gasteiger partial charge in [-0.15, -0.1) is 0 Å². The molecular weight excluding hydrogens is 256 g/mol. The van der Waals surface area contributed by atoms with Crippen LogP contribution in [-0.4, -0.2) is 5.78 Å². The standard InChI is InChI=1S/C20H20O/c21-20(18-10-5-2-6-11-18)19-13-7-12-17(19)15-14-16-8-3-1-4-9-16/h1-6,8-11,14-15,17,19H,7,12-13H2/b15-14+/t17-,19-/m1/s1. The number of Topliss-reactive ketones (excluding diaryl/α,β-unsaturated/α-hetero) is 1. The number of carbonyl (C=O) groups is 1. The van der Waals surface area contributed by atoms with Gasteiger partial charge in [0.15, 0.2) is 5.78 Å². The summed E-state index contributed by atoms with van der Waals surface area (Å²) < 4.78 is 0. The number of benzene rings is 2. The van der Waals surface area contributed by atoms with E-state index in [0.29, 0.717) is 11.7 Å². The zero-order valence-corrected chi connectivity index (χ0v) is 12.1. The van der Waals surface area contributed by atoms with E-state index in [-0.39, 0.29) is 5.92 Å². The lowest BCUT2D eigenvalue weighted by Gasteiger charge is -2.15. The lowest BCUT2D eigenvalue weighted by atomic mass is 9.88. The van der Waals surface area contributed by atoms with E-state index in [0.717, 1.165) is 24.8 Å². The fourth-order valence-corrected chi connectivity index (χ4v) is 3.16. The molecule has 0 unspecified atom stereocenters. The van der Waals surface area contributed by atoms with Crippen LogP contribution in [0.15, 0.2) is 66.7 Å². The molecule has 1 fully saturated rings. The third-order valence-corrected chi connectivity index (χ3v) is 4.30. The molecule has 2 aromatic carbocycles. The Balaban J connectivity index is 1.74. The van der Waals surface area contributed by atoms with E-state index in [1.807, 2.05) is 48.5 Å². The van der Waals surface area contributed by atoms with Crippen molar-refractivity contribution >= 4 is 11.9 Å². The molecule has 0 saturated heterocycles. The van der Waals surface area contributed by atoms with Crippen molar-refractivity contribution in [2.75, 3.05) is 0 Å². The zero-order valence-electron chi connectivity index (χ0n) is 12.1. The first-order valence-corrected chi connectivity index (χ1v) is 7.67. The van der Waals surface area contributed by atoms with Crippen LogP contribution in [0.3, 0.4) is 0 Å². The summed E-state index contributed by atoms with van der Waals surface area (Å²) in [6.07, 6.45) is 7.66. The summed E-state index contributed by atoms with van der Waals surface area (Å²) in [6.45, 7) is 0. The zero-order chi connectivity index (χ0) is 14.5. The van der Waals surface area contributed by atoms with Crippen LogP contribution in [-0.2, 0) is 0 Å². The van der Waals surface area contributed by atoms with Crippen molar-refractivity contribution in [3.05, 3.63) is 77.9 Å². The van der Waals surface area contributed by atoms with E-state index < -0.39 is 0 Å². The third-order valence-electron chi connectivity index (χ3n) is 4.30. The maximum Gasteiger partial charge on any atom is 0.166 e. The summed E-state index contributed by atoms with van der Waals surface area (Å²) >= 11 is 0. The van der Waals surface area contributed by atoms with E-state index in [2.05, 4.69) is 24.3 Å². The van der Waals surface area contributed by atoms with Crippen molar-refractivity contribution in [3.63, 3.8) is 0 Å². The summed E-state index contributed by atoms with van der Waals surface area (Å²) in [4.78, 5) is 12.6. The molecule has 106 valence electrons. The molecule has 1 aliphatic rings. The monoisotopic (exact) mass is 276 g/mol. The maximum atomic E-state index is 12.6. The van der Waals surface area contributed by atoms with E-state index in [1.165, 1.54) is 5.56 Å². The lowest BCUT2D eigenvalue weighted by molar-refractivity contribution is 0.0905. The van der Waals surface area contributed by atoms with Crippen LogP contribution in [0.1, 0.15) is 35.2 Å². The van der Waals surface area contributed by atoms with Gasteiger partial charge in [0.25, 0.3) is 0 Å². The third kappa shape index (κ3) is 3.30. The van der Waals surface area contributed by atoms with Gasteiger partial charge < -0.3 is 0 Å². The summed E-state index contributed by atoms with van der Waals surface area (Å²) in [5, 5.41) is 0. The van der Waals surface area contributed by atoms with Crippen LogP contribution in [0, 0.1) is 11.8 Å². The fraction of sp³-hybridized carbons (Fsp3) is 0.250.